The number of nitrogens with zero attached hydrogens (tertiary/aromatic N) is 1. The summed E-state index contributed by atoms with van der Waals surface area (Å²) in [6.07, 6.45) is 0. The molecule has 5 heteroatoms. The maximum Gasteiger partial charge on any atom is 0.0795 e. The zero-order valence-electron chi connectivity index (χ0n) is 7.37. The minimum atomic E-state index is 0.846. The largest absolute Gasteiger partial charge is 0.306 e. The van der Waals surface area contributed by atoms with Gasteiger partial charge in [0.1, 0.15) is 0 Å². The fourth-order valence-electron chi connectivity index (χ4n) is 1.09. The molecular formula is C9H9BrN2S2. The molecule has 2 nitrogen and oxygen atoms in total. The van der Waals surface area contributed by atoms with Gasteiger partial charge in [0, 0.05) is 33.2 Å². The third-order valence-corrected chi connectivity index (χ3v) is 4.04. The lowest BCUT2D eigenvalue weighted by atomic mass is 10.4. The van der Waals surface area contributed by atoms with Crippen molar-refractivity contribution >= 4 is 38.6 Å². The molecule has 0 atom stereocenters. The van der Waals surface area contributed by atoms with Gasteiger partial charge in [-0.1, -0.05) is 0 Å². The third kappa shape index (κ3) is 2.88. The number of thiophene rings is 1. The summed E-state index contributed by atoms with van der Waals surface area (Å²) in [6.45, 7) is 1.76. The van der Waals surface area contributed by atoms with E-state index in [1.807, 2.05) is 5.51 Å². The van der Waals surface area contributed by atoms with Crippen LogP contribution in [0.5, 0.6) is 0 Å². The molecule has 74 valence electrons. The highest BCUT2D eigenvalue weighted by Crippen LogP contribution is 2.19. The van der Waals surface area contributed by atoms with E-state index in [1.54, 1.807) is 22.7 Å². The number of halogens is 1. The van der Waals surface area contributed by atoms with Crippen LogP contribution in [-0.4, -0.2) is 4.98 Å². The molecule has 0 amide bonds. The molecule has 0 radical (unpaired) electrons. The summed E-state index contributed by atoms with van der Waals surface area (Å²) in [7, 11) is 0. The Morgan fingerprint density at radius 3 is 2.93 bits per heavy atom. The minimum Gasteiger partial charge on any atom is -0.306 e. The average Bonchev–Trinajstić information content (AvgIpc) is 2.77. The zero-order valence-corrected chi connectivity index (χ0v) is 10.6. The van der Waals surface area contributed by atoms with Crippen molar-refractivity contribution in [3.05, 3.63) is 37.4 Å². The van der Waals surface area contributed by atoms with Gasteiger partial charge < -0.3 is 5.32 Å². The molecule has 2 rings (SSSR count). The molecular weight excluding hydrogens is 280 g/mol. The molecule has 0 unspecified atom stereocenters. The van der Waals surface area contributed by atoms with Crippen molar-refractivity contribution < 1.29 is 0 Å². The van der Waals surface area contributed by atoms with E-state index in [0.29, 0.717) is 0 Å². The SMILES string of the molecule is Brc1csc(CNCc2cscn2)c1. The van der Waals surface area contributed by atoms with E-state index in [-0.39, 0.29) is 0 Å². The Kier molecular flexibility index (Phi) is 3.69. The van der Waals surface area contributed by atoms with Crippen LogP contribution in [0.25, 0.3) is 0 Å². The van der Waals surface area contributed by atoms with Crippen LogP contribution in [0.3, 0.4) is 0 Å². The van der Waals surface area contributed by atoms with E-state index in [0.717, 1.165) is 23.3 Å². The number of thiazole rings is 1. The number of hydrogen-bond acceptors (Lipinski definition) is 4. The Balaban J connectivity index is 1.78. The first-order valence-electron chi connectivity index (χ1n) is 4.15. The molecule has 1 N–H and O–H groups in total. The Labute approximate surface area is 99.1 Å². The predicted molar refractivity (Wildman–Crippen MR) is 64.7 cm³/mol. The number of rotatable bonds is 4. The molecule has 0 aromatic carbocycles. The van der Waals surface area contributed by atoms with Gasteiger partial charge in [-0.05, 0) is 22.0 Å². The van der Waals surface area contributed by atoms with Crippen LogP contribution in [-0.2, 0) is 13.1 Å². The van der Waals surface area contributed by atoms with E-state index in [9.17, 15) is 0 Å². The lowest BCUT2D eigenvalue weighted by molar-refractivity contribution is 0.689. The lowest BCUT2D eigenvalue weighted by Gasteiger charge is -1.98. The summed E-state index contributed by atoms with van der Waals surface area (Å²) >= 11 is 6.83. The first-order valence-corrected chi connectivity index (χ1v) is 6.77. The summed E-state index contributed by atoms with van der Waals surface area (Å²) in [5, 5.41) is 7.52. The molecule has 2 aromatic rings. The van der Waals surface area contributed by atoms with E-state index in [4.69, 9.17) is 0 Å². The van der Waals surface area contributed by atoms with Crippen molar-refractivity contribution in [2.75, 3.05) is 0 Å². The maximum atomic E-state index is 4.20. The van der Waals surface area contributed by atoms with Crippen LogP contribution in [0.4, 0.5) is 0 Å². The highest BCUT2D eigenvalue weighted by molar-refractivity contribution is 9.10. The number of aromatic nitrogens is 1. The van der Waals surface area contributed by atoms with Crippen LogP contribution in [0.15, 0.2) is 26.8 Å². The Morgan fingerprint density at radius 2 is 2.29 bits per heavy atom. The Bertz CT molecular complexity index is 383. The van der Waals surface area contributed by atoms with Gasteiger partial charge in [-0.25, -0.2) is 4.98 Å². The topological polar surface area (TPSA) is 24.9 Å². The van der Waals surface area contributed by atoms with Gasteiger partial charge in [-0.2, -0.15) is 0 Å². The van der Waals surface area contributed by atoms with Crippen LogP contribution in [0.2, 0.25) is 0 Å². The van der Waals surface area contributed by atoms with Crippen molar-refractivity contribution in [1.82, 2.24) is 10.3 Å². The fourth-order valence-corrected chi connectivity index (χ4v) is 3.06. The molecule has 0 spiro atoms. The molecule has 0 saturated heterocycles. The minimum absolute atomic E-state index is 0.846. The maximum absolute atomic E-state index is 4.20. The van der Waals surface area contributed by atoms with Crippen LogP contribution < -0.4 is 5.32 Å². The molecule has 0 aliphatic carbocycles. The van der Waals surface area contributed by atoms with E-state index >= 15 is 0 Å². The zero-order chi connectivity index (χ0) is 9.80. The molecule has 2 aromatic heterocycles. The van der Waals surface area contributed by atoms with Crippen LogP contribution in [0, 0.1) is 0 Å². The quantitative estimate of drug-likeness (QED) is 0.934. The normalized spacial score (nSPS) is 10.6. The van der Waals surface area contributed by atoms with Crippen molar-refractivity contribution in [3.8, 4) is 0 Å². The van der Waals surface area contributed by atoms with Crippen molar-refractivity contribution in [1.29, 1.82) is 0 Å². The average molecular weight is 289 g/mol. The van der Waals surface area contributed by atoms with Crippen molar-refractivity contribution in [2.45, 2.75) is 13.1 Å². The standard InChI is InChI=1S/C9H9BrN2S2/c10-7-1-9(14-4-7)3-11-2-8-5-13-6-12-8/h1,4-6,11H,2-3H2. The second kappa shape index (κ2) is 5.02. The summed E-state index contributed by atoms with van der Waals surface area (Å²) in [5.41, 5.74) is 2.98. The van der Waals surface area contributed by atoms with E-state index < -0.39 is 0 Å². The van der Waals surface area contributed by atoms with Crippen LogP contribution >= 0.6 is 38.6 Å². The van der Waals surface area contributed by atoms with Gasteiger partial charge in [0.25, 0.3) is 0 Å². The summed E-state index contributed by atoms with van der Waals surface area (Å²) < 4.78 is 1.16. The molecule has 2 heterocycles. The van der Waals surface area contributed by atoms with E-state index in [2.05, 4.69) is 43.1 Å². The van der Waals surface area contributed by atoms with Crippen molar-refractivity contribution in [3.63, 3.8) is 0 Å². The molecule has 0 fully saturated rings. The molecule has 0 bridgehead atoms. The van der Waals surface area contributed by atoms with Crippen molar-refractivity contribution in [2.24, 2.45) is 0 Å². The smallest absolute Gasteiger partial charge is 0.0795 e. The first kappa shape index (κ1) is 10.3. The van der Waals surface area contributed by atoms with Gasteiger partial charge in [0.05, 0.1) is 11.2 Å². The molecule has 14 heavy (non-hydrogen) atoms. The van der Waals surface area contributed by atoms with Gasteiger partial charge >= 0.3 is 0 Å². The summed E-state index contributed by atoms with van der Waals surface area (Å²) in [5.74, 6) is 0. The van der Waals surface area contributed by atoms with Gasteiger partial charge in [0.15, 0.2) is 0 Å². The monoisotopic (exact) mass is 288 g/mol. The highest BCUT2D eigenvalue weighted by atomic mass is 79.9. The molecule has 0 saturated carbocycles. The second-order valence-electron chi connectivity index (χ2n) is 2.81. The molecule has 0 aliphatic heterocycles. The first-order chi connectivity index (χ1) is 6.84. The summed E-state index contributed by atoms with van der Waals surface area (Å²) in [4.78, 5) is 5.54. The Morgan fingerprint density at radius 1 is 1.36 bits per heavy atom. The van der Waals surface area contributed by atoms with Crippen LogP contribution in [0.1, 0.15) is 10.6 Å². The fraction of sp³-hybridized carbons (Fsp3) is 0.222. The Hall–Kier alpha value is -0.230. The van der Waals surface area contributed by atoms with Gasteiger partial charge in [0.2, 0.25) is 0 Å². The third-order valence-electron chi connectivity index (χ3n) is 1.71. The number of nitrogens with one attached hydrogen (secondary N) is 1. The predicted octanol–water partition coefficient (Wildman–Crippen LogP) is 3.26. The lowest BCUT2D eigenvalue weighted by Crippen LogP contribution is -2.11. The highest BCUT2D eigenvalue weighted by Gasteiger charge is 1.98. The summed E-state index contributed by atoms with van der Waals surface area (Å²) in [6, 6.07) is 2.14. The number of hydrogen-bond donors (Lipinski definition) is 1. The van der Waals surface area contributed by atoms with Gasteiger partial charge in [-0.15, -0.1) is 22.7 Å². The van der Waals surface area contributed by atoms with E-state index in [1.165, 1.54) is 4.88 Å². The second-order valence-corrected chi connectivity index (χ2v) is 5.44. The molecule has 0 aliphatic rings. The van der Waals surface area contributed by atoms with Gasteiger partial charge in [-0.3, -0.25) is 0 Å².